The van der Waals surface area contributed by atoms with Crippen molar-refractivity contribution < 1.29 is 36.9 Å². The van der Waals surface area contributed by atoms with Crippen molar-refractivity contribution in [2.75, 3.05) is 58.4 Å². The fourth-order valence-electron chi connectivity index (χ4n) is 4.58. The number of aromatic nitrogens is 2. The monoisotopic (exact) mass is 623 g/mol. The molecule has 1 aromatic carbocycles. The van der Waals surface area contributed by atoms with Gasteiger partial charge in [0.2, 0.25) is 0 Å². The maximum absolute atomic E-state index is 14.1. The Morgan fingerprint density at radius 3 is 2.58 bits per heavy atom. The van der Waals surface area contributed by atoms with Gasteiger partial charge in [0.25, 0.3) is 0 Å². The minimum absolute atomic E-state index is 0.0322. The number of ether oxygens (including phenoxy) is 4. The van der Waals surface area contributed by atoms with Crippen molar-refractivity contribution >= 4 is 30.8 Å². The number of nitrogens with zero attached hydrogens (tertiary/aromatic N) is 3. The lowest BCUT2D eigenvalue weighted by molar-refractivity contribution is -0.136. The van der Waals surface area contributed by atoms with Gasteiger partial charge < -0.3 is 34.1 Å². The Hall–Kier alpha value is -3.33. The van der Waals surface area contributed by atoms with E-state index in [9.17, 15) is 18.0 Å². The molecule has 10 nitrogen and oxygen atoms in total. The molecule has 0 radical (unpaired) electrons. The number of morpholine rings is 1. The number of anilines is 1. The highest BCUT2D eigenvalue weighted by molar-refractivity contribution is 6.76. The molecule has 43 heavy (non-hydrogen) atoms. The van der Waals surface area contributed by atoms with Crippen molar-refractivity contribution in [2.45, 2.75) is 45.0 Å². The molecule has 4 rings (SSSR count). The topological polar surface area (TPSA) is 99.1 Å². The van der Waals surface area contributed by atoms with Crippen molar-refractivity contribution in [1.82, 2.24) is 19.8 Å². The van der Waals surface area contributed by atoms with Crippen LogP contribution in [0.1, 0.15) is 12.0 Å². The average molecular weight is 624 g/mol. The highest BCUT2D eigenvalue weighted by Gasteiger charge is 2.36. The molecule has 0 bridgehead atoms. The smallest absolute Gasteiger partial charge is 0.418 e. The Morgan fingerprint density at radius 1 is 1.12 bits per heavy atom. The summed E-state index contributed by atoms with van der Waals surface area (Å²) in [5.41, 5.74) is -0.338. The number of methoxy groups -OCH3 is 1. The molecule has 1 saturated heterocycles. The van der Waals surface area contributed by atoms with Gasteiger partial charge in [0.15, 0.2) is 11.5 Å². The zero-order chi connectivity index (χ0) is 31.0. The molecular weight excluding hydrogens is 583 g/mol. The molecule has 0 atom stereocenters. The average Bonchev–Trinajstić information content (AvgIpc) is 3.34. The van der Waals surface area contributed by atoms with E-state index in [2.05, 4.69) is 40.2 Å². The van der Waals surface area contributed by atoms with Crippen molar-refractivity contribution in [3.8, 4) is 17.2 Å². The number of rotatable bonds is 13. The Bertz CT molecular complexity index is 1370. The zero-order valence-corrected chi connectivity index (χ0v) is 26.1. The van der Waals surface area contributed by atoms with Crippen LogP contribution in [0.2, 0.25) is 25.7 Å². The first-order valence-electron chi connectivity index (χ1n) is 14.3. The summed E-state index contributed by atoms with van der Waals surface area (Å²) in [6.07, 6.45) is -1.45. The SMILES string of the molecule is COc1cc(NC(=O)NCCCN2CCOCC2)ccc1Oc1ccnc2c1c(C(F)(F)F)cn2COCC[Si](C)(C)C. The molecule has 3 heterocycles. The van der Waals surface area contributed by atoms with Gasteiger partial charge in [0, 0.05) is 58.5 Å². The maximum Gasteiger partial charge on any atom is 0.418 e. The summed E-state index contributed by atoms with van der Waals surface area (Å²) in [7, 11) is 0.0560. The fourth-order valence-corrected chi connectivity index (χ4v) is 5.34. The molecule has 0 aliphatic carbocycles. The van der Waals surface area contributed by atoms with Gasteiger partial charge in [-0.2, -0.15) is 13.2 Å². The highest BCUT2D eigenvalue weighted by Crippen LogP contribution is 2.42. The summed E-state index contributed by atoms with van der Waals surface area (Å²) in [6.45, 7) is 11.6. The molecule has 3 aromatic rings. The molecular formula is C29H40F3N5O5Si. The standard InChI is InChI=1S/C29H40F3N5O5Si/c1-39-25-18-21(35-28(38)34-9-5-11-36-12-14-40-15-13-36)6-7-23(25)42-24-8-10-33-27-26(24)22(29(30,31)32)19-37(27)20-41-16-17-43(2,3)4/h6-8,10,18-19H,5,9,11-17,20H2,1-4H3,(H2,34,35,38). The minimum Gasteiger partial charge on any atom is -0.493 e. The minimum atomic E-state index is -4.64. The molecule has 0 saturated carbocycles. The van der Waals surface area contributed by atoms with E-state index in [1.807, 2.05) is 0 Å². The molecule has 1 fully saturated rings. The first-order chi connectivity index (χ1) is 20.4. The Kier molecular flexibility index (Phi) is 10.9. The largest absolute Gasteiger partial charge is 0.493 e. The van der Waals surface area contributed by atoms with Crippen LogP contribution in [0.4, 0.5) is 23.7 Å². The van der Waals surface area contributed by atoms with E-state index in [1.54, 1.807) is 12.1 Å². The van der Waals surface area contributed by atoms with Gasteiger partial charge >= 0.3 is 12.2 Å². The number of alkyl halides is 3. The number of halogens is 3. The molecule has 1 aliphatic rings. The lowest BCUT2D eigenvalue weighted by Crippen LogP contribution is -2.38. The van der Waals surface area contributed by atoms with Crippen molar-refractivity contribution in [3.05, 3.63) is 42.2 Å². The number of carbonyl (C=O) groups is 1. The van der Waals surface area contributed by atoms with Crippen molar-refractivity contribution in [2.24, 2.45) is 0 Å². The van der Waals surface area contributed by atoms with Gasteiger partial charge in [0.05, 0.1) is 31.3 Å². The molecule has 2 N–H and O–H groups in total. The normalized spacial score (nSPS) is 14.6. The van der Waals surface area contributed by atoms with Crippen LogP contribution >= 0.6 is 0 Å². The lowest BCUT2D eigenvalue weighted by Gasteiger charge is -2.26. The summed E-state index contributed by atoms with van der Waals surface area (Å²) < 4.78 is 66.1. The third-order valence-corrected chi connectivity index (χ3v) is 8.64. The number of amides is 2. The highest BCUT2D eigenvalue weighted by atomic mass is 28.3. The van der Waals surface area contributed by atoms with Gasteiger partial charge in [-0.3, -0.25) is 4.90 Å². The first-order valence-corrected chi connectivity index (χ1v) is 18.0. The predicted molar refractivity (Wildman–Crippen MR) is 161 cm³/mol. The van der Waals surface area contributed by atoms with E-state index in [-0.39, 0.29) is 41.0 Å². The maximum atomic E-state index is 14.1. The van der Waals surface area contributed by atoms with Crippen LogP contribution in [0.3, 0.4) is 0 Å². The number of pyridine rings is 1. The summed E-state index contributed by atoms with van der Waals surface area (Å²) >= 11 is 0. The van der Waals surface area contributed by atoms with Crippen LogP contribution in [0.5, 0.6) is 17.2 Å². The molecule has 2 aromatic heterocycles. The van der Waals surface area contributed by atoms with E-state index < -0.39 is 19.8 Å². The molecule has 0 spiro atoms. The molecule has 236 valence electrons. The third-order valence-electron chi connectivity index (χ3n) is 6.93. The quantitative estimate of drug-likeness (QED) is 0.178. The van der Waals surface area contributed by atoms with E-state index >= 15 is 0 Å². The molecule has 14 heteroatoms. The second kappa shape index (κ2) is 14.4. The van der Waals surface area contributed by atoms with Gasteiger partial charge in [-0.15, -0.1) is 0 Å². The van der Waals surface area contributed by atoms with E-state index in [0.717, 1.165) is 51.5 Å². The third kappa shape index (κ3) is 9.32. The van der Waals surface area contributed by atoms with Gasteiger partial charge in [-0.1, -0.05) is 19.6 Å². The van der Waals surface area contributed by atoms with Gasteiger partial charge in [-0.05, 0) is 37.2 Å². The van der Waals surface area contributed by atoms with Gasteiger partial charge in [-0.25, -0.2) is 9.78 Å². The first kappa shape index (κ1) is 32.6. The number of hydrogen-bond acceptors (Lipinski definition) is 7. The number of carbonyl (C=O) groups excluding carboxylic acids is 1. The summed E-state index contributed by atoms with van der Waals surface area (Å²) in [5.74, 6) is 0.381. The van der Waals surface area contributed by atoms with Crippen molar-refractivity contribution in [3.63, 3.8) is 0 Å². The van der Waals surface area contributed by atoms with E-state index in [1.165, 1.54) is 30.0 Å². The second-order valence-corrected chi connectivity index (χ2v) is 17.1. The summed E-state index contributed by atoms with van der Waals surface area (Å²) in [4.78, 5) is 18.9. The summed E-state index contributed by atoms with van der Waals surface area (Å²) in [5, 5.41) is 5.40. The van der Waals surface area contributed by atoms with Crippen LogP contribution in [-0.2, 0) is 22.4 Å². The van der Waals surface area contributed by atoms with Crippen LogP contribution in [0.15, 0.2) is 36.7 Å². The number of urea groups is 1. The van der Waals surface area contributed by atoms with Crippen LogP contribution < -0.4 is 20.1 Å². The number of nitrogens with one attached hydrogen (secondary N) is 2. The number of benzene rings is 1. The number of fused-ring (bicyclic) bond motifs is 1. The van der Waals surface area contributed by atoms with E-state index in [4.69, 9.17) is 18.9 Å². The Balaban J connectivity index is 1.44. The van der Waals surface area contributed by atoms with E-state index in [0.29, 0.717) is 18.8 Å². The Labute approximate surface area is 250 Å². The molecule has 2 amide bonds. The van der Waals surface area contributed by atoms with Crippen LogP contribution in [-0.4, -0.2) is 81.7 Å². The van der Waals surface area contributed by atoms with Crippen molar-refractivity contribution in [1.29, 1.82) is 0 Å². The van der Waals surface area contributed by atoms with Crippen LogP contribution in [0, 0.1) is 0 Å². The van der Waals surface area contributed by atoms with Gasteiger partial charge in [0.1, 0.15) is 18.1 Å². The Morgan fingerprint density at radius 2 is 1.88 bits per heavy atom. The molecule has 0 unspecified atom stereocenters. The summed E-state index contributed by atoms with van der Waals surface area (Å²) in [6, 6.07) is 6.56. The zero-order valence-electron chi connectivity index (χ0n) is 25.1. The molecule has 1 aliphatic heterocycles. The predicted octanol–water partition coefficient (Wildman–Crippen LogP) is 6.01. The fraction of sp³-hybridized carbons (Fsp3) is 0.517. The lowest BCUT2D eigenvalue weighted by atomic mass is 10.2. The number of hydrogen-bond donors (Lipinski definition) is 2. The second-order valence-electron chi connectivity index (χ2n) is 11.5. The van der Waals surface area contributed by atoms with Crippen LogP contribution in [0.25, 0.3) is 11.0 Å².